The van der Waals surface area contributed by atoms with Gasteiger partial charge in [0.15, 0.2) is 5.82 Å². The number of para-hydroxylation sites is 1. The minimum Gasteiger partial charge on any atom is -0.485 e. The fraction of sp³-hybridized carbons (Fsp3) is 0.167. The van der Waals surface area contributed by atoms with E-state index in [1.807, 2.05) is 0 Å². The second kappa shape index (κ2) is 5.13. The average molecular weight is 269 g/mol. The number of alkyl halides is 3. The van der Waals surface area contributed by atoms with Gasteiger partial charge in [0.2, 0.25) is 0 Å². The van der Waals surface area contributed by atoms with Crippen molar-refractivity contribution in [3.63, 3.8) is 0 Å². The normalized spacial score (nSPS) is 11.3. The molecule has 0 aliphatic rings. The number of aromatic nitrogens is 2. The summed E-state index contributed by atoms with van der Waals surface area (Å²) >= 11 is 0. The molecule has 19 heavy (non-hydrogen) atoms. The lowest BCUT2D eigenvalue weighted by atomic mass is 10.2. The first-order valence-electron chi connectivity index (χ1n) is 5.32. The van der Waals surface area contributed by atoms with Gasteiger partial charge in [0.25, 0.3) is 0 Å². The highest BCUT2D eigenvalue weighted by molar-refractivity contribution is 5.35. The third kappa shape index (κ3) is 3.34. The molecule has 1 aromatic carbocycles. The quantitative estimate of drug-likeness (QED) is 0.930. The van der Waals surface area contributed by atoms with Gasteiger partial charge in [-0.3, -0.25) is 0 Å². The van der Waals surface area contributed by atoms with Crippen LogP contribution in [0.3, 0.4) is 0 Å². The summed E-state index contributed by atoms with van der Waals surface area (Å²) in [5.74, 6) is 0.00148. The van der Waals surface area contributed by atoms with Gasteiger partial charge >= 0.3 is 6.18 Å². The molecule has 0 aliphatic carbocycles. The molecular formula is C12H10F3N3O. The SMILES string of the molecule is Nc1cnc(COc2ccccc2C(F)(F)F)nc1. The van der Waals surface area contributed by atoms with E-state index in [0.717, 1.165) is 6.07 Å². The number of ether oxygens (including phenoxy) is 1. The van der Waals surface area contributed by atoms with E-state index in [1.54, 1.807) is 0 Å². The molecule has 2 aromatic rings. The summed E-state index contributed by atoms with van der Waals surface area (Å²) in [6.07, 6.45) is -1.73. The van der Waals surface area contributed by atoms with Gasteiger partial charge in [0, 0.05) is 0 Å². The van der Waals surface area contributed by atoms with E-state index in [0.29, 0.717) is 5.69 Å². The Balaban J connectivity index is 2.14. The molecular weight excluding hydrogens is 259 g/mol. The highest BCUT2D eigenvalue weighted by Gasteiger charge is 2.34. The summed E-state index contributed by atoms with van der Waals surface area (Å²) in [5.41, 5.74) is 4.95. The van der Waals surface area contributed by atoms with E-state index in [2.05, 4.69) is 9.97 Å². The Hall–Kier alpha value is -2.31. The third-order valence-corrected chi connectivity index (χ3v) is 2.27. The number of benzene rings is 1. The maximum Gasteiger partial charge on any atom is 0.419 e. The second-order valence-corrected chi connectivity index (χ2v) is 3.72. The minimum atomic E-state index is -4.46. The van der Waals surface area contributed by atoms with Crippen molar-refractivity contribution in [3.8, 4) is 5.75 Å². The number of halogens is 3. The van der Waals surface area contributed by atoms with Crippen LogP contribution in [-0.4, -0.2) is 9.97 Å². The lowest BCUT2D eigenvalue weighted by molar-refractivity contribution is -0.139. The Kier molecular flexibility index (Phi) is 3.55. The molecule has 0 aliphatic heterocycles. The monoisotopic (exact) mass is 269 g/mol. The summed E-state index contributed by atoms with van der Waals surface area (Å²) in [4.78, 5) is 7.69. The van der Waals surface area contributed by atoms with E-state index < -0.39 is 11.7 Å². The van der Waals surface area contributed by atoms with Gasteiger partial charge in [-0.2, -0.15) is 13.2 Å². The molecule has 1 heterocycles. The van der Waals surface area contributed by atoms with Gasteiger partial charge in [-0.1, -0.05) is 12.1 Å². The highest BCUT2D eigenvalue weighted by Crippen LogP contribution is 2.36. The number of rotatable bonds is 3. The second-order valence-electron chi connectivity index (χ2n) is 3.72. The van der Waals surface area contributed by atoms with E-state index in [-0.39, 0.29) is 18.2 Å². The van der Waals surface area contributed by atoms with Crippen molar-refractivity contribution in [3.05, 3.63) is 48.0 Å². The average Bonchev–Trinajstić information content (AvgIpc) is 2.37. The molecule has 2 N–H and O–H groups in total. The molecule has 0 fully saturated rings. The topological polar surface area (TPSA) is 61.0 Å². The molecule has 0 saturated carbocycles. The summed E-state index contributed by atoms with van der Waals surface area (Å²) < 4.78 is 43.2. The van der Waals surface area contributed by atoms with Crippen LogP contribution in [0, 0.1) is 0 Å². The maximum atomic E-state index is 12.7. The standard InChI is InChI=1S/C12H10F3N3O/c13-12(14,15)9-3-1-2-4-10(9)19-7-11-17-5-8(16)6-18-11/h1-6H,7,16H2. The maximum absolute atomic E-state index is 12.7. The Morgan fingerprint density at radius 3 is 2.37 bits per heavy atom. The fourth-order valence-corrected chi connectivity index (χ4v) is 1.41. The zero-order chi connectivity index (χ0) is 13.9. The van der Waals surface area contributed by atoms with Crippen molar-refractivity contribution in [1.82, 2.24) is 9.97 Å². The molecule has 0 atom stereocenters. The number of hydrogen-bond donors (Lipinski definition) is 1. The summed E-state index contributed by atoms with van der Waals surface area (Å²) in [6.45, 7) is -0.159. The summed E-state index contributed by atoms with van der Waals surface area (Å²) in [7, 11) is 0. The van der Waals surface area contributed by atoms with Crippen LogP contribution in [0.2, 0.25) is 0 Å². The van der Waals surface area contributed by atoms with Crippen LogP contribution in [0.1, 0.15) is 11.4 Å². The number of nitrogens with zero attached hydrogens (tertiary/aromatic N) is 2. The largest absolute Gasteiger partial charge is 0.485 e. The molecule has 1 aromatic heterocycles. The Morgan fingerprint density at radius 2 is 1.74 bits per heavy atom. The number of nitrogen functional groups attached to an aromatic ring is 1. The predicted octanol–water partition coefficient (Wildman–Crippen LogP) is 2.66. The molecule has 0 unspecified atom stereocenters. The molecule has 0 bridgehead atoms. The molecule has 0 saturated heterocycles. The van der Waals surface area contributed by atoms with Crippen LogP contribution in [0.4, 0.5) is 18.9 Å². The Bertz CT molecular complexity index is 555. The van der Waals surface area contributed by atoms with Crippen LogP contribution in [0.15, 0.2) is 36.7 Å². The van der Waals surface area contributed by atoms with E-state index in [4.69, 9.17) is 10.5 Å². The van der Waals surface area contributed by atoms with Gasteiger partial charge in [-0.05, 0) is 12.1 Å². The lowest BCUT2D eigenvalue weighted by Gasteiger charge is -2.13. The first kappa shape index (κ1) is 13.1. The van der Waals surface area contributed by atoms with Gasteiger partial charge in [-0.25, -0.2) is 9.97 Å². The van der Waals surface area contributed by atoms with Crippen LogP contribution < -0.4 is 10.5 Å². The van der Waals surface area contributed by atoms with E-state index >= 15 is 0 Å². The van der Waals surface area contributed by atoms with Gasteiger partial charge in [0.05, 0.1) is 23.6 Å². The number of anilines is 1. The lowest BCUT2D eigenvalue weighted by Crippen LogP contribution is -2.09. The third-order valence-electron chi connectivity index (χ3n) is 2.27. The molecule has 0 amide bonds. The van der Waals surface area contributed by atoms with Crippen LogP contribution in [0.5, 0.6) is 5.75 Å². The summed E-state index contributed by atoms with van der Waals surface area (Å²) in [5, 5.41) is 0. The Morgan fingerprint density at radius 1 is 1.11 bits per heavy atom. The van der Waals surface area contributed by atoms with Gasteiger partial charge in [0.1, 0.15) is 12.4 Å². The zero-order valence-corrected chi connectivity index (χ0v) is 9.69. The molecule has 4 nitrogen and oxygen atoms in total. The van der Waals surface area contributed by atoms with Crippen molar-refractivity contribution >= 4 is 5.69 Å². The van der Waals surface area contributed by atoms with Crippen molar-refractivity contribution < 1.29 is 17.9 Å². The van der Waals surface area contributed by atoms with Crippen LogP contribution in [0.25, 0.3) is 0 Å². The van der Waals surface area contributed by atoms with Gasteiger partial charge in [-0.15, -0.1) is 0 Å². The molecule has 0 radical (unpaired) electrons. The van der Waals surface area contributed by atoms with Gasteiger partial charge < -0.3 is 10.5 Å². The minimum absolute atomic E-state index is 0.159. The van der Waals surface area contributed by atoms with Crippen molar-refractivity contribution in [1.29, 1.82) is 0 Å². The smallest absolute Gasteiger partial charge is 0.419 e. The summed E-state index contributed by atoms with van der Waals surface area (Å²) in [6, 6.07) is 4.98. The van der Waals surface area contributed by atoms with Crippen LogP contribution >= 0.6 is 0 Å². The fourth-order valence-electron chi connectivity index (χ4n) is 1.41. The number of nitrogens with two attached hydrogens (primary N) is 1. The molecule has 2 rings (SSSR count). The van der Waals surface area contributed by atoms with Crippen molar-refractivity contribution in [2.75, 3.05) is 5.73 Å². The van der Waals surface area contributed by atoms with Crippen molar-refractivity contribution in [2.45, 2.75) is 12.8 Å². The van der Waals surface area contributed by atoms with E-state index in [1.165, 1.54) is 30.6 Å². The van der Waals surface area contributed by atoms with E-state index in [9.17, 15) is 13.2 Å². The Labute approximate surface area is 107 Å². The molecule has 0 spiro atoms. The first-order valence-corrected chi connectivity index (χ1v) is 5.32. The highest BCUT2D eigenvalue weighted by atomic mass is 19.4. The first-order chi connectivity index (χ1) is 8.97. The van der Waals surface area contributed by atoms with Crippen molar-refractivity contribution in [2.24, 2.45) is 0 Å². The molecule has 100 valence electrons. The van der Waals surface area contributed by atoms with Crippen LogP contribution in [-0.2, 0) is 12.8 Å². The number of hydrogen-bond acceptors (Lipinski definition) is 4. The predicted molar refractivity (Wildman–Crippen MR) is 62.2 cm³/mol. The molecule has 7 heteroatoms. The zero-order valence-electron chi connectivity index (χ0n) is 9.69.